The van der Waals surface area contributed by atoms with Crippen LogP contribution in [0.1, 0.15) is 85.5 Å². The molecule has 1 saturated carbocycles. The third-order valence-electron chi connectivity index (χ3n) is 6.24. The zero-order valence-electron chi connectivity index (χ0n) is 15.2. The molecule has 1 rings (SSSR count). The van der Waals surface area contributed by atoms with E-state index in [4.69, 9.17) is 0 Å². The molecule has 3 atom stereocenters. The zero-order valence-corrected chi connectivity index (χ0v) is 15.2. The SMILES string of the molecule is CCCCC(CC)CC1(C(=O)O)CCCCC1(C(=O)O)C(C)C. The molecule has 0 amide bonds. The highest BCUT2D eigenvalue weighted by molar-refractivity contribution is 5.87. The summed E-state index contributed by atoms with van der Waals surface area (Å²) in [4.78, 5) is 24.6. The van der Waals surface area contributed by atoms with Gasteiger partial charge in [-0.15, -0.1) is 0 Å². The fourth-order valence-corrected chi connectivity index (χ4v) is 4.80. The van der Waals surface area contributed by atoms with Crippen molar-refractivity contribution in [3.63, 3.8) is 0 Å². The van der Waals surface area contributed by atoms with Gasteiger partial charge in [-0.25, -0.2) is 0 Å². The van der Waals surface area contributed by atoms with Crippen molar-refractivity contribution in [1.29, 1.82) is 0 Å². The van der Waals surface area contributed by atoms with E-state index in [0.717, 1.165) is 38.5 Å². The topological polar surface area (TPSA) is 74.6 Å². The molecule has 0 radical (unpaired) electrons. The van der Waals surface area contributed by atoms with Crippen molar-refractivity contribution in [2.75, 3.05) is 0 Å². The molecule has 4 heteroatoms. The van der Waals surface area contributed by atoms with Crippen molar-refractivity contribution in [2.45, 2.75) is 85.5 Å². The summed E-state index contributed by atoms with van der Waals surface area (Å²) in [6, 6.07) is 0. The summed E-state index contributed by atoms with van der Waals surface area (Å²) in [5, 5.41) is 20.2. The number of carboxylic acid groups (broad SMARTS) is 2. The maximum atomic E-state index is 12.4. The summed E-state index contributed by atoms with van der Waals surface area (Å²) in [5.74, 6) is -1.70. The Hall–Kier alpha value is -1.06. The van der Waals surface area contributed by atoms with Gasteiger partial charge in [0.1, 0.15) is 0 Å². The highest BCUT2D eigenvalue weighted by Crippen LogP contribution is 2.58. The van der Waals surface area contributed by atoms with Gasteiger partial charge in [-0.1, -0.05) is 66.2 Å². The van der Waals surface area contributed by atoms with Crippen LogP contribution in [0.25, 0.3) is 0 Å². The van der Waals surface area contributed by atoms with Gasteiger partial charge in [0.05, 0.1) is 10.8 Å². The Morgan fingerprint density at radius 1 is 1.04 bits per heavy atom. The van der Waals surface area contributed by atoms with Gasteiger partial charge in [-0.2, -0.15) is 0 Å². The molecule has 1 aliphatic carbocycles. The Morgan fingerprint density at radius 2 is 1.65 bits per heavy atom. The van der Waals surface area contributed by atoms with Crippen LogP contribution in [0, 0.1) is 22.7 Å². The van der Waals surface area contributed by atoms with Crippen molar-refractivity contribution in [1.82, 2.24) is 0 Å². The number of hydrogen-bond acceptors (Lipinski definition) is 2. The molecule has 0 aromatic heterocycles. The van der Waals surface area contributed by atoms with E-state index >= 15 is 0 Å². The molecule has 23 heavy (non-hydrogen) atoms. The largest absolute Gasteiger partial charge is 0.481 e. The molecule has 0 aromatic carbocycles. The minimum Gasteiger partial charge on any atom is -0.481 e. The van der Waals surface area contributed by atoms with Gasteiger partial charge in [-0.3, -0.25) is 9.59 Å². The van der Waals surface area contributed by atoms with E-state index < -0.39 is 22.8 Å². The van der Waals surface area contributed by atoms with Crippen LogP contribution in [0.15, 0.2) is 0 Å². The van der Waals surface area contributed by atoms with E-state index in [1.54, 1.807) is 0 Å². The summed E-state index contributed by atoms with van der Waals surface area (Å²) in [5.41, 5.74) is -2.27. The highest BCUT2D eigenvalue weighted by atomic mass is 16.4. The number of unbranched alkanes of at least 4 members (excludes halogenated alkanes) is 1. The zero-order chi connectivity index (χ0) is 17.7. The highest BCUT2D eigenvalue weighted by Gasteiger charge is 2.63. The molecule has 4 nitrogen and oxygen atoms in total. The van der Waals surface area contributed by atoms with Crippen molar-refractivity contribution in [3.8, 4) is 0 Å². The maximum absolute atomic E-state index is 12.4. The van der Waals surface area contributed by atoms with Crippen LogP contribution in [-0.2, 0) is 9.59 Å². The van der Waals surface area contributed by atoms with Crippen LogP contribution in [0.5, 0.6) is 0 Å². The van der Waals surface area contributed by atoms with Gasteiger partial charge in [0.15, 0.2) is 0 Å². The minimum absolute atomic E-state index is 0.180. The first-order valence-corrected chi connectivity index (χ1v) is 9.25. The van der Waals surface area contributed by atoms with Crippen molar-refractivity contribution >= 4 is 11.9 Å². The summed E-state index contributed by atoms with van der Waals surface area (Å²) in [7, 11) is 0. The lowest BCUT2D eigenvalue weighted by Gasteiger charge is -2.52. The lowest BCUT2D eigenvalue weighted by molar-refractivity contribution is -0.188. The Labute approximate surface area is 140 Å². The fraction of sp³-hybridized carbons (Fsp3) is 0.895. The number of carboxylic acids is 2. The van der Waals surface area contributed by atoms with E-state index in [0.29, 0.717) is 25.2 Å². The second kappa shape index (κ2) is 8.16. The van der Waals surface area contributed by atoms with Crippen LogP contribution in [0.3, 0.4) is 0 Å². The van der Waals surface area contributed by atoms with Gasteiger partial charge < -0.3 is 10.2 Å². The average molecular weight is 326 g/mol. The van der Waals surface area contributed by atoms with Gasteiger partial charge >= 0.3 is 11.9 Å². The van der Waals surface area contributed by atoms with Crippen LogP contribution in [0.4, 0.5) is 0 Å². The molecule has 1 aliphatic rings. The summed E-state index contributed by atoms with van der Waals surface area (Å²) < 4.78 is 0. The van der Waals surface area contributed by atoms with Crippen LogP contribution < -0.4 is 0 Å². The first kappa shape index (κ1) is 20.0. The van der Waals surface area contributed by atoms with Gasteiger partial charge in [-0.05, 0) is 31.1 Å². The second-order valence-corrected chi connectivity index (χ2v) is 7.65. The first-order valence-electron chi connectivity index (χ1n) is 9.25. The molecule has 0 spiro atoms. The van der Waals surface area contributed by atoms with Gasteiger partial charge in [0, 0.05) is 0 Å². The molecule has 2 N–H and O–H groups in total. The molecule has 0 aromatic rings. The van der Waals surface area contributed by atoms with E-state index in [-0.39, 0.29) is 5.92 Å². The van der Waals surface area contributed by atoms with Crippen molar-refractivity contribution < 1.29 is 19.8 Å². The number of rotatable bonds is 9. The average Bonchev–Trinajstić information content (AvgIpc) is 2.50. The molecule has 134 valence electrons. The first-order chi connectivity index (χ1) is 10.8. The minimum atomic E-state index is -1.14. The molecular weight excluding hydrogens is 292 g/mol. The predicted octanol–water partition coefficient (Wildman–Crippen LogP) is 4.96. The number of aliphatic carboxylic acids is 2. The number of hydrogen-bond donors (Lipinski definition) is 2. The summed E-state index contributed by atoms with van der Waals surface area (Å²) >= 11 is 0. The van der Waals surface area contributed by atoms with E-state index in [2.05, 4.69) is 13.8 Å². The normalized spacial score (nSPS) is 29.4. The monoisotopic (exact) mass is 326 g/mol. The molecular formula is C19H34O4. The smallest absolute Gasteiger partial charge is 0.311 e. The third-order valence-corrected chi connectivity index (χ3v) is 6.24. The lowest BCUT2D eigenvalue weighted by atomic mass is 9.49. The molecule has 0 aliphatic heterocycles. The van der Waals surface area contributed by atoms with Gasteiger partial charge in [0.25, 0.3) is 0 Å². The second-order valence-electron chi connectivity index (χ2n) is 7.65. The molecule has 0 bridgehead atoms. The summed E-state index contributed by atoms with van der Waals surface area (Å²) in [6.45, 7) is 7.99. The Balaban J connectivity index is 3.30. The van der Waals surface area contributed by atoms with Crippen molar-refractivity contribution in [3.05, 3.63) is 0 Å². The van der Waals surface area contributed by atoms with Crippen LogP contribution in [-0.4, -0.2) is 22.2 Å². The number of carbonyl (C=O) groups is 2. The summed E-state index contributed by atoms with van der Waals surface area (Å²) in [6.07, 6.45) is 7.19. The van der Waals surface area contributed by atoms with E-state index in [1.165, 1.54) is 0 Å². The Bertz CT molecular complexity index is 418. The Kier molecular flexibility index (Phi) is 7.09. The van der Waals surface area contributed by atoms with Crippen LogP contribution >= 0.6 is 0 Å². The molecule has 0 heterocycles. The molecule has 0 saturated heterocycles. The molecule has 1 fully saturated rings. The van der Waals surface area contributed by atoms with Gasteiger partial charge in [0.2, 0.25) is 0 Å². The molecule has 3 unspecified atom stereocenters. The predicted molar refractivity (Wildman–Crippen MR) is 91.4 cm³/mol. The van der Waals surface area contributed by atoms with Crippen LogP contribution in [0.2, 0.25) is 0 Å². The Morgan fingerprint density at radius 3 is 2.09 bits per heavy atom. The fourth-order valence-electron chi connectivity index (χ4n) is 4.80. The quantitative estimate of drug-likeness (QED) is 0.627. The van der Waals surface area contributed by atoms with E-state index in [9.17, 15) is 19.8 Å². The lowest BCUT2D eigenvalue weighted by Crippen LogP contribution is -2.58. The van der Waals surface area contributed by atoms with E-state index in [1.807, 2.05) is 13.8 Å². The third kappa shape index (κ3) is 3.56. The van der Waals surface area contributed by atoms with Crippen molar-refractivity contribution in [2.24, 2.45) is 22.7 Å². The maximum Gasteiger partial charge on any atom is 0.311 e. The standard InChI is InChI=1S/C19H34O4/c1-5-7-10-15(6-2)13-18(16(20)21)11-8-9-12-19(18,14(3)4)17(22)23/h14-15H,5-13H2,1-4H3,(H,20,21)(H,22,23).